The van der Waals surface area contributed by atoms with Crippen molar-refractivity contribution in [1.29, 1.82) is 0 Å². The molecule has 1 heterocycles. The molecule has 1 aromatic rings. The summed E-state index contributed by atoms with van der Waals surface area (Å²) in [4.78, 5) is 11.3. The van der Waals surface area contributed by atoms with E-state index in [-0.39, 0.29) is 23.8 Å². The summed E-state index contributed by atoms with van der Waals surface area (Å²) in [5.74, 6) is 0.0298. The van der Waals surface area contributed by atoms with Crippen molar-refractivity contribution in [2.75, 3.05) is 6.61 Å². The molecule has 0 saturated carbocycles. The predicted octanol–water partition coefficient (Wildman–Crippen LogP) is 3.78. The molecule has 0 aromatic heterocycles. The average molecular weight is 279 g/mol. The Hall–Kier alpha value is -1.07. The summed E-state index contributed by atoms with van der Waals surface area (Å²) in [5, 5.41) is -0.0236. The Bertz CT molecular complexity index is 471. The third-order valence-electron chi connectivity index (χ3n) is 2.79. The van der Waals surface area contributed by atoms with E-state index in [0.717, 1.165) is 12.1 Å². The van der Waals surface area contributed by atoms with Crippen LogP contribution in [0.2, 0.25) is 5.02 Å². The third-order valence-corrected chi connectivity index (χ3v) is 3.11. The number of carbonyl (C=O) groups is 1. The van der Waals surface area contributed by atoms with E-state index in [0.29, 0.717) is 12.0 Å². The number of ketones is 1. The van der Waals surface area contributed by atoms with Crippen molar-refractivity contribution in [3.8, 4) is 0 Å². The molecule has 1 atom stereocenters. The molecule has 0 spiro atoms. The maximum Gasteiger partial charge on any atom is 0.416 e. The lowest BCUT2D eigenvalue weighted by Crippen LogP contribution is -2.19. The second-order valence-corrected chi connectivity index (χ2v) is 4.49. The highest BCUT2D eigenvalue weighted by Crippen LogP contribution is 2.36. The predicted molar refractivity (Wildman–Crippen MR) is 59.4 cm³/mol. The zero-order valence-electron chi connectivity index (χ0n) is 9.26. The highest BCUT2D eigenvalue weighted by Gasteiger charge is 2.32. The highest BCUT2D eigenvalue weighted by atomic mass is 35.5. The number of carbonyl (C=O) groups excluding carboxylic acids is 1. The molecule has 1 unspecified atom stereocenters. The van der Waals surface area contributed by atoms with Crippen LogP contribution in [-0.4, -0.2) is 12.4 Å². The maximum atomic E-state index is 12.5. The lowest BCUT2D eigenvalue weighted by atomic mass is 9.99. The zero-order chi connectivity index (χ0) is 13.3. The smallest absolute Gasteiger partial charge is 0.373 e. The topological polar surface area (TPSA) is 26.3 Å². The quantitative estimate of drug-likeness (QED) is 0.781. The van der Waals surface area contributed by atoms with Gasteiger partial charge in [0, 0.05) is 17.9 Å². The molecular weight excluding hydrogens is 269 g/mol. The molecule has 98 valence electrons. The van der Waals surface area contributed by atoms with Crippen LogP contribution in [0.4, 0.5) is 13.2 Å². The number of ether oxygens (including phenoxy) is 1. The molecular formula is C12H10ClF3O2. The lowest BCUT2D eigenvalue weighted by Gasteiger charge is -2.23. The first-order chi connectivity index (χ1) is 8.38. The van der Waals surface area contributed by atoms with Gasteiger partial charge in [0.1, 0.15) is 5.78 Å². The van der Waals surface area contributed by atoms with Crippen molar-refractivity contribution in [3.05, 3.63) is 34.3 Å². The molecule has 0 radical (unpaired) electrons. The van der Waals surface area contributed by atoms with Crippen LogP contribution in [0.3, 0.4) is 0 Å². The number of alkyl halides is 3. The number of hydrogen-bond acceptors (Lipinski definition) is 2. The van der Waals surface area contributed by atoms with E-state index in [2.05, 4.69) is 0 Å². The van der Waals surface area contributed by atoms with Gasteiger partial charge >= 0.3 is 6.18 Å². The van der Waals surface area contributed by atoms with E-state index in [9.17, 15) is 18.0 Å². The van der Waals surface area contributed by atoms with Crippen molar-refractivity contribution < 1.29 is 22.7 Å². The minimum atomic E-state index is -4.43. The van der Waals surface area contributed by atoms with Crippen molar-refractivity contribution in [1.82, 2.24) is 0 Å². The number of Topliss-reactive ketones (excluding diaryl/α,β-unsaturated/α-hetero) is 1. The van der Waals surface area contributed by atoms with Crippen LogP contribution < -0.4 is 0 Å². The fourth-order valence-electron chi connectivity index (χ4n) is 1.85. The van der Waals surface area contributed by atoms with E-state index in [1.54, 1.807) is 0 Å². The zero-order valence-corrected chi connectivity index (χ0v) is 10.0. The van der Waals surface area contributed by atoms with Crippen LogP contribution in [0.15, 0.2) is 18.2 Å². The van der Waals surface area contributed by atoms with Crippen LogP contribution in [0, 0.1) is 0 Å². The summed E-state index contributed by atoms with van der Waals surface area (Å²) in [6, 6.07) is 3.08. The van der Waals surface area contributed by atoms with Crippen LogP contribution >= 0.6 is 11.6 Å². The molecule has 1 saturated heterocycles. The van der Waals surface area contributed by atoms with Crippen LogP contribution in [0.1, 0.15) is 30.1 Å². The van der Waals surface area contributed by atoms with Crippen molar-refractivity contribution in [2.24, 2.45) is 0 Å². The standard InChI is InChI=1S/C12H10ClF3O2/c13-10-5-7(12(14,15)16)1-2-9(10)11-6-8(17)3-4-18-11/h1-2,5,11H,3-4,6H2. The van der Waals surface area contributed by atoms with Gasteiger partial charge in [-0.25, -0.2) is 0 Å². The van der Waals surface area contributed by atoms with Crippen molar-refractivity contribution >= 4 is 17.4 Å². The molecule has 6 heteroatoms. The Balaban J connectivity index is 2.27. The minimum absolute atomic E-state index is 0.0236. The summed E-state index contributed by atoms with van der Waals surface area (Å²) in [6.45, 7) is 0.279. The first-order valence-electron chi connectivity index (χ1n) is 5.38. The molecule has 2 rings (SSSR count). The molecule has 1 fully saturated rings. The highest BCUT2D eigenvalue weighted by molar-refractivity contribution is 6.31. The molecule has 0 aliphatic carbocycles. The summed E-state index contributed by atoms with van der Waals surface area (Å²) in [7, 11) is 0. The van der Waals surface area contributed by atoms with Gasteiger partial charge in [0.2, 0.25) is 0 Å². The van der Waals surface area contributed by atoms with Gasteiger partial charge in [-0.2, -0.15) is 13.2 Å². The van der Waals surface area contributed by atoms with Gasteiger partial charge in [-0.3, -0.25) is 4.79 Å². The van der Waals surface area contributed by atoms with Gasteiger partial charge < -0.3 is 4.74 Å². The molecule has 1 aliphatic rings. The molecule has 2 nitrogen and oxygen atoms in total. The second-order valence-electron chi connectivity index (χ2n) is 4.09. The number of hydrogen-bond donors (Lipinski definition) is 0. The number of benzene rings is 1. The Morgan fingerprint density at radius 2 is 2.06 bits per heavy atom. The van der Waals surface area contributed by atoms with Gasteiger partial charge in [-0.15, -0.1) is 0 Å². The Morgan fingerprint density at radius 3 is 2.61 bits per heavy atom. The molecule has 0 N–H and O–H groups in total. The van der Waals surface area contributed by atoms with Gasteiger partial charge in [-0.1, -0.05) is 17.7 Å². The van der Waals surface area contributed by atoms with E-state index < -0.39 is 17.8 Å². The van der Waals surface area contributed by atoms with Crippen molar-refractivity contribution in [2.45, 2.75) is 25.1 Å². The van der Waals surface area contributed by atoms with Crippen molar-refractivity contribution in [3.63, 3.8) is 0 Å². The van der Waals surface area contributed by atoms with Gasteiger partial charge in [0.05, 0.1) is 18.3 Å². The Morgan fingerprint density at radius 1 is 1.33 bits per heavy atom. The number of halogens is 4. The van der Waals surface area contributed by atoms with Crippen LogP contribution in [0.5, 0.6) is 0 Å². The Kier molecular flexibility index (Phi) is 3.64. The summed E-state index contributed by atoms with van der Waals surface area (Å²) >= 11 is 5.83. The second kappa shape index (κ2) is 4.90. The molecule has 18 heavy (non-hydrogen) atoms. The van der Waals surface area contributed by atoms with Crippen LogP contribution in [0.25, 0.3) is 0 Å². The molecule has 0 bridgehead atoms. The Labute approximate surface area is 107 Å². The minimum Gasteiger partial charge on any atom is -0.373 e. The van der Waals surface area contributed by atoms with Gasteiger partial charge in [0.25, 0.3) is 0 Å². The molecule has 1 aromatic carbocycles. The largest absolute Gasteiger partial charge is 0.416 e. The monoisotopic (exact) mass is 278 g/mol. The van der Waals surface area contributed by atoms with E-state index in [1.165, 1.54) is 6.07 Å². The lowest BCUT2D eigenvalue weighted by molar-refractivity contribution is -0.137. The first-order valence-corrected chi connectivity index (χ1v) is 5.75. The number of rotatable bonds is 1. The van der Waals surface area contributed by atoms with Gasteiger partial charge in [0.15, 0.2) is 0 Å². The summed E-state index contributed by atoms with van der Waals surface area (Å²) in [5.41, 5.74) is -0.379. The normalized spacial score (nSPS) is 21.1. The summed E-state index contributed by atoms with van der Waals surface area (Å²) < 4.78 is 42.7. The van der Waals surface area contributed by atoms with Gasteiger partial charge in [-0.05, 0) is 17.7 Å². The van der Waals surface area contributed by atoms with E-state index in [1.807, 2.05) is 0 Å². The fourth-order valence-corrected chi connectivity index (χ4v) is 2.15. The van der Waals surface area contributed by atoms with E-state index >= 15 is 0 Å². The molecule has 0 amide bonds. The van der Waals surface area contributed by atoms with Crippen LogP contribution in [-0.2, 0) is 15.7 Å². The molecule has 1 aliphatic heterocycles. The third kappa shape index (κ3) is 2.84. The summed E-state index contributed by atoms with van der Waals surface area (Å²) in [6.07, 6.45) is -4.47. The average Bonchev–Trinajstić information content (AvgIpc) is 2.27. The first kappa shape index (κ1) is 13.4. The van der Waals surface area contributed by atoms with E-state index in [4.69, 9.17) is 16.3 Å². The SMILES string of the molecule is O=C1CCOC(c2ccc(C(F)(F)F)cc2Cl)C1. The fraction of sp³-hybridized carbons (Fsp3) is 0.417. The maximum absolute atomic E-state index is 12.5.